The Morgan fingerprint density at radius 3 is 2.06 bits per heavy atom. The summed E-state index contributed by atoms with van der Waals surface area (Å²) in [7, 11) is -3.68. The molecule has 2 atom stereocenters. The first-order valence-electron chi connectivity index (χ1n) is 5.58. The molecule has 0 saturated heterocycles. The van der Waals surface area contributed by atoms with Gasteiger partial charge in [0.1, 0.15) is 0 Å². The minimum absolute atomic E-state index is 0.0459. The van der Waals surface area contributed by atoms with E-state index >= 15 is 0 Å². The maximum absolute atomic E-state index is 11.3. The van der Waals surface area contributed by atoms with Crippen molar-refractivity contribution in [3.63, 3.8) is 0 Å². The van der Waals surface area contributed by atoms with E-state index in [-0.39, 0.29) is 28.1 Å². The van der Waals surface area contributed by atoms with Gasteiger partial charge in [-0.25, -0.2) is 13.6 Å². The molecular formula is C12H16N2O3S. The quantitative estimate of drug-likeness (QED) is 0.837. The highest BCUT2D eigenvalue weighted by molar-refractivity contribution is 7.89. The average molecular weight is 268 g/mol. The van der Waals surface area contributed by atoms with Crippen molar-refractivity contribution in [1.82, 2.24) is 0 Å². The third-order valence-electron chi connectivity index (χ3n) is 3.70. The number of carbonyl (C=O) groups excluding carboxylic acids is 1. The van der Waals surface area contributed by atoms with Crippen molar-refractivity contribution >= 4 is 15.9 Å². The van der Waals surface area contributed by atoms with Crippen LogP contribution in [0.4, 0.5) is 0 Å². The SMILES string of the molecule is CC1(C)[C@H](C(N)=O)[C@H]1c1ccc(S(N)(=O)=O)cc1. The van der Waals surface area contributed by atoms with Crippen molar-refractivity contribution in [1.29, 1.82) is 0 Å². The maximum Gasteiger partial charge on any atom is 0.238 e. The normalized spacial score (nSPS) is 25.7. The summed E-state index contributed by atoms with van der Waals surface area (Å²) in [6.07, 6.45) is 0. The van der Waals surface area contributed by atoms with E-state index in [2.05, 4.69) is 0 Å². The highest BCUT2D eigenvalue weighted by Crippen LogP contribution is 2.64. The van der Waals surface area contributed by atoms with Gasteiger partial charge in [0.25, 0.3) is 0 Å². The van der Waals surface area contributed by atoms with E-state index < -0.39 is 10.0 Å². The van der Waals surface area contributed by atoms with Crippen LogP contribution in [-0.2, 0) is 14.8 Å². The Hall–Kier alpha value is -1.40. The molecule has 6 heteroatoms. The number of carbonyl (C=O) groups is 1. The Morgan fingerprint density at radius 2 is 1.72 bits per heavy atom. The molecule has 2 rings (SSSR count). The van der Waals surface area contributed by atoms with Crippen molar-refractivity contribution in [2.24, 2.45) is 22.2 Å². The van der Waals surface area contributed by atoms with E-state index in [4.69, 9.17) is 10.9 Å². The molecule has 98 valence electrons. The van der Waals surface area contributed by atoms with Gasteiger partial charge in [-0.2, -0.15) is 0 Å². The Morgan fingerprint density at radius 1 is 1.22 bits per heavy atom. The average Bonchev–Trinajstić information content (AvgIpc) is 2.80. The summed E-state index contributed by atoms with van der Waals surface area (Å²) < 4.78 is 22.3. The van der Waals surface area contributed by atoms with Gasteiger partial charge in [0.2, 0.25) is 15.9 Å². The fraction of sp³-hybridized carbons (Fsp3) is 0.417. The van der Waals surface area contributed by atoms with E-state index in [1.54, 1.807) is 12.1 Å². The lowest BCUT2D eigenvalue weighted by Gasteiger charge is -2.04. The van der Waals surface area contributed by atoms with Crippen molar-refractivity contribution in [3.8, 4) is 0 Å². The summed E-state index contributed by atoms with van der Waals surface area (Å²) in [4.78, 5) is 11.4. The van der Waals surface area contributed by atoms with Crippen molar-refractivity contribution in [2.75, 3.05) is 0 Å². The molecule has 0 aliphatic heterocycles. The molecule has 1 fully saturated rings. The smallest absolute Gasteiger partial charge is 0.238 e. The zero-order valence-electron chi connectivity index (χ0n) is 10.3. The molecule has 0 aromatic heterocycles. The van der Waals surface area contributed by atoms with E-state index in [0.717, 1.165) is 5.56 Å². The number of primary amides is 1. The van der Waals surface area contributed by atoms with Gasteiger partial charge in [0.15, 0.2) is 0 Å². The van der Waals surface area contributed by atoms with Crippen LogP contribution in [0.1, 0.15) is 25.3 Å². The molecule has 18 heavy (non-hydrogen) atoms. The number of amides is 1. The van der Waals surface area contributed by atoms with Gasteiger partial charge < -0.3 is 5.73 Å². The number of sulfonamides is 1. The van der Waals surface area contributed by atoms with Crippen LogP contribution in [0.15, 0.2) is 29.2 Å². The summed E-state index contributed by atoms with van der Waals surface area (Å²) in [6.45, 7) is 3.95. The third-order valence-corrected chi connectivity index (χ3v) is 4.63. The topological polar surface area (TPSA) is 103 Å². The molecule has 0 bridgehead atoms. The maximum atomic E-state index is 11.3. The van der Waals surface area contributed by atoms with E-state index in [0.29, 0.717) is 0 Å². The Balaban J connectivity index is 2.30. The zero-order valence-corrected chi connectivity index (χ0v) is 11.1. The summed E-state index contributed by atoms with van der Waals surface area (Å²) >= 11 is 0. The molecule has 1 aliphatic rings. The molecule has 1 amide bonds. The molecule has 1 aromatic rings. The molecule has 4 N–H and O–H groups in total. The second-order valence-corrected chi connectivity index (χ2v) is 6.85. The van der Waals surface area contributed by atoms with Gasteiger partial charge in [-0.15, -0.1) is 0 Å². The van der Waals surface area contributed by atoms with E-state index in [1.165, 1.54) is 12.1 Å². The van der Waals surface area contributed by atoms with Crippen molar-refractivity contribution in [3.05, 3.63) is 29.8 Å². The lowest BCUT2D eigenvalue weighted by Crippen LogP contribution is -2.16. The van der Waals surface area contributed by atoms with Crippen LogP contribution in [0.5, 0.6) is 0 Å². The number of hydrogen-bond donors (Lipinski definition) is 2. The molecule has 0 radical (unpaired) electrons. The lowest BCUT2D eigenvalue weighted by atomic mass is 10.0. The Bertz CT molecular complexity index is 590. The molecule has 1 aromatic carbocycles. The zero-order chi connectivity index (χ0) is 13.7. The van der Waals surface area contributed by atoms with Crippen LogP contribution in [0.2, 0.25) is 0 Å². The van der Waals surface area contributed by atoms with Crippen LogP contribution in [0.3, 0.4) is 0 Å². The molecular weight excluding hydrogens is 252 g/mol. The largest absolute Gasteiger partial charge is 0.369 e. The predicted molar refractivity (Wildman–Crippen MR) is 67.0 cm³/mol. The second kappa shape index (κ2) is 3.80. The summed E-state index contributed by atoms with van der Waals surface area (Å²) in [5.41, 5.74) is 6.09. The Labute approximate surface area is 106 Å². The first-order valence-corrected chi connectivity index (χ1v) is 7.12. The van der Waals surface area contributed by atoms with E-state index in [9.17, 15) is 13.2 Å². The highest BCUT2D eigenvalue weighted by atomic mass is 32.2. The lowest BCUT2D eigenvalue weighted by molar-refractivity contribution is -0.119. The van der Waals surface area contributed by atoms with Gasteiger partial charge in [0.05, 0.1) is 10.8 Å². The number of hydrogen-bond acceptors (Lipinski definition) is 3. The Kier molecular flexibility index (Phi) is 2.75. The van der Waals surface area contributed by atoms with Gasteiger partial charge in [-0.05, 0) is 23.1 Å². The fourth-order valence-electron chi connectivity index (χ4n) is 2.66. The molecule has 1 saturated carbocycles. The first kappa shape index (κ1) is 13.0. The van der Waals surface area contributed by atoms with Crippen LogP contribution in [-0.4, -0.2) is 14.3 Å². The fourth-order valence-corrected chi connectivity index (χ4v) is 3.17. The minimum Gasteiger partial charge on any atom is -0.369 e. The highest BCUT2D eigenvalue weighted by Gasteiger charge is 2.61. The number of primary sulfonamides is 1. The number of benzene rings is 1. The summed E-state index contributed by atoms with van der Waals surface area (Å²) in [5.74, 6) is -0.470. The molecule has 1 aliphatic carbocycles. The van der Waals surface area contributed by atoms with Crippen LogP contribution >= 0.6 is 0 Å². The second-order valence-electron chi connectivity index (χ2n) is 5.29. The molecule has 0 heterocycles. The van der Waals surface area contributed by atoms with Crippen LogP contribution in [0, 0.1) is 11.3 Å². The first-order chi connectivity index (χ1) is 8.15. The minimum atomic E-state index is -3.68. The van der Waals surface area contributed by atoms with Crippen LogP contribution in [0.25, 0.3) is 0 Å². The summed E-state index contributed by atoms with van der Waals surface area (Å²) in [6, 6.07) is 6.29. The van der Waals surface area contributed by atoms with Crippen molar-refractivity contribution in [2.45, 2.75) is 24.7 Å². The molecule has 0 unspecified atom stereocenters. The van der Waals surface area contributed by atoms with Gasteiger partial charge >= 0.3 is 0 Å². The monoisotopic (exact) mass is 268 g/mol. The standard InChI is InChI=1S/C12H16N2O3S/c1-12(2)9(10(12)11(13)15)7-3-5-8(6-4-7)18(14,16)17/h3-6,9-10H,1-2H3,(H2,13,15)(H2,14,16,17)/t9-,10+/m1/s1. The predicted octanol–water partition coefficient (Wildman–Crippen LogP) is 0.559. The summed E-state index contributed by atoms with van der Waals surface area (Å²) in [5, 5.41) is 5.03. The van der Waals surface area contributed by atoms with Crippen LogP contribution < -0.4 is 10.9 Å². The van der Waals surface area contributed by atoms with Gasteiger partial charge in [-0.1, -0.05) is 26.0 Å². The van der Waals surface area contributed by atoms with Gasteiger partial charge in [-0.3, -0.25) is 4.79 Å². The third kappa shape index (κ3) is 2.02. The molecule has 0 spiro atoms. The van der Waals surface area contributed by atoms with E-state index in [1.807, 2.05) is 13.8 Å². The van der Waals surface area contributed by atoms with Crippen molar-refractivity contribution < 1.29 is 13.2 Å². The number of nitrogens with two attached hydrogens (primary N) is 2. The molecule has 5 nitrogen and oxygen atoms in total. The number of rotatable bonds is 3. The van der Waals surface area contributed by atoms with Gasteiger partial charge in [0, 0.05) is 5.92 Å².